The monoisotopic (exact) mass is 221 g/mol. The van der Waals surface area contributed by atoms with Crippen molar-refractivity contribution in [1.82, 2.24) is 9.97 Å². The van der Waals surface area contributed by atoms with E-state index >= 15 is 0 Å². The molecule has 86 valence electrons. The zero-order valence-corrected chi connectivity index (χ0v) is 9.47. The Labute approximate surface area is 94.1 Å². The molecule has 1 fully saturated rings. The first-order chi connectivity index (χ1) is 7.59. The maximum Gasteiger partial charge on any atom is 0.339 e. The second-order valence-electron chi connectivity index (χ2n) is 4.16. The SMILES string of the molecule is Cc1nc(N2CCCC2C)ncc1C(=O)O. The van der Waals surface area contributed by atoms with Crippen molar-refractivity contribution in [2.45, 2.75) is 32.7 Å². The number of carboxylic acids is 1. The van der Waals surface area contributed by atoms with Gasteiger partial charge in [-0.3, -0.25) is 0 Å². The van der Waals surface area contributed by atoms with Gasteiger partial charge in [0, 0.05) is 18.8 Å². The van der Waals surface area contributed by atoms with Gasteiger partial charge in [-0.1, -0.05) is 0 Å². The summed E-state index contributed by atoms with van der Waals surface area (Å²) in [7, 11) is 0. The fraction of sp³-hybridized carbons (Fsp3) is 0.545. The summed E-state index contributed by atoms with van der Waals surface area (Å²) in [5.41, 5.74) is 0.701. The summed E-state index contributed by atoms with van der Waals surface area (Å²) in [5, 5.41) is 8.88. The number of aryl methyl sites for hydroxylation is 1. The molecule has 0 bridgehead atoms. The quantitative estimate of drug-likeness (QED) is 0.819. The third-order valence-corrected chi connectivity index (χ3v) is 3.01. The number of aromatic nitrogens is 2. The second kappa shape index (κ2) is 4.08. The number of anilines is 1. The van der Waals surface area contributed by atoms with Crippen molar-refractivity contribution in [3.8, 4) is 0 Å². The molecule has 1 aromatic heterocycles. The van der Waals surface area contributed by atoms with E-state index in [1.165, 1.54) is 6.20 Å². The van der Waals surface area contributed by atoms with Gasteiger partial charge in [-0.2, -0.15) is 0 Å². The summed E-state index contributed by atoms with van der Waals surface area (Å²) in [4.78, 5) is 21.3. The van der Waals surface area contributed by atoms with Crippen molar-refractivity contribution in [3.63, 3.8) is 0 Å². The third kappa shape index (κ3) is 1.85. The predicted molar refractivity (Wildman–Crippen MR) is 59.8 cm³/mol. The van der Waals surface area contributed by atoms with Gasteiger partial charge in [-0.25, -0.2) is 14.8 Å². The Kier molecular flexibility index (Phi) is 2.77. The Bertz CT molecular complexity index is 420. The van der Waals surface area contributed by atoms with Crippen LogP contribution in [-0.4, -0.2) is 33.6 Å². The van der Waals surface area contributed by atoms with Gasteiger partial charge in [-0.15, -0.1) is 0 Å². The molecule has 1 atom stereocenters. The van der Waals surface area contributed by atoms with E-state index in [-0.39, 0.29) is 5.56 Å². The first-order valence-electron chi connectivity index (χ1n) is 5.43. The van der Waals surface area contributed by atoms with E-state index in [2.05, 4.69) is 21.8 Å². The molecule has 2 heterocycles. The minimum absolute atomic E-state index is 0.176. The van der Waals surface area contributed by atoms with Crippen molar-refractivity contribution in [2.24, 2.45) is 0 Å². The van der Waals surface area contributed by atoms with Gasteiger partial charge in [0.1, 0.15) is 0 Å². The summed E-state index contributed by atoms with van der Waals surface area (Å²) in [5.74, 6) is -0.328. The van der Waals surface area contributed by atoms with Crippen LogP contribution >= 0.6 is 0 Å². The zero-order chi connectivity index (χ0) is 11.7. The van der Waals surface area contributed by atoms with Gasteiger partial charge in [-0.05, 0) is 26.7 Å². The van der Waals surface area contributed by atoms with Crippen LogP contribution in [0.2, 0.25) is 0 Å². The Morgan fingerprint density at radius 3 is 2.88 bits per heavy atom. The van der Waals surface area contributed by atoms with Crippen LogP contribution in [0.15, 0.2) is 6.20 Å². The molecule has 1 aliphatic heterocycles. The lowest BCUT2D eigenvalue weighted by atomic mass is 10.2. The average molecular weight is 221 g/mol. The van der Waals surface area contributed by atoms with Crippen LogP contribution < -0.4 is 4.90 Å². The number of hydrogen-bond acceptors (Lipinski definition) is 4. The van der Waals surface area contributed by atoms with Gasteiger partial charge in [0.2, 0.25) is 5.95 Å². The van der Waals surface area contributed by atoms with E-state index in [1.54, 1.807) is 6.92 Å². The summed E-state index contributed by atoms with van der Waals surface area (Å²) in [6, 6.07) is 0.440. The van der Waals surface area contributed by atoms with Crippen LogP contribution in [0.25, 0.3) is 0 Å². The largest absolute Gasteiger partial charge is 0.478 e. The lowest BCUT2D eigenvalue weighted by Crippen LogP contribution is -2.28. The fourth-order valence-corrected chi connectivity index (χ4v) is 2.03. The highest BCUT2D eigenvalue weighted by Crippen LogP contribution is 2.22. The molecule has 1 N–H and O–H groups in total. The van der Waals surface area contributed by atoms with E-state index < -0.39 is 5.97 Å². The van der Waals surface area contributed by atoms with E-state index in [1.807, 2.05) is 0 Å². The molecule has 1 aliphatic rings. The number of nitrogens with zero attached hydrogens (tertiary/aromatic N) is 3. The second-order valence-corrected chi connectivity index (χ2v) is 4.16. The van der Waals surface area contributed by atoms with Gasteiger partial charge in [0.25, 0.3) is 0 Å². The van der Waals surface area contributed by atoms with Gasteiger partial charge in [0.05, 0.1) is 11.3 Å². The third-order valence-electron chi connectivity index (χ3n) is 3.01. The predicted octanol–water partition coefficient (Wildman–Crippen LogP) is 1.47. The molecule has 1 aromatic rings. The Balaban J connectivity index is 2.30. The molecular weight excluding hydrogens is 206 g/mol. The first-order valence-corrected chi connectivity index (χ1v) is 5.43. The van der Waals surface area contributed by atoms with Gasteiger partial charge in [0.15, 0.2) is 0 Å². The smallest absolute Gasteiger partial charge is 0.339 e. The molecule has 2 rings (SSSR count). The normalized spacial score (nSPS) is 20.1. The number of carboxylic acid groups (broad SMARTS) is 1. The molecule has 0 aliphatic carbocycles. The number of hydrogen-bond donors (Lipinski definition) is 1. The highest BCUT2D eigenvalue weighted by atomic mass is 16.4. The van der Waals surface area contributed by atoms with Gasteiger partial charge >= 0.3 is 5.97 Å². The lowest BCUT2D eigenvalue weighted by molar-refractivity contribution is 0.0695. The molecule has 1 saturated heterocycles. The van der Waals surface area contributed by atoms with Gasteiger partial charge < -0.3 is 10.0 Å². The topological polar surface area (TPSA) is 66.3 Å². The molecule has 0 amide bonds. The van der Waals surface area contributed by atoms with Crippen LogP contribution in [0.3, 0.4) is 0 Å². The van der Waals surface area contributed by atoms with Crippen molar-refractivity contribution in [2.75, 3.05) is 11.4 Å². The molecule has 0 radical (unpaired) electrons. The van der Waals surface area contributed by atoms with E-state index in [9.17, 15) is 4.79 Å². The molecular formula is C11H15N3O2. The van der Waals surface area contributed by atoms with Crippen LogP contribution in [0, 0.1) is 6.92 Å². The molecule has 0 spiro atoms. The zero-order valence-electron chi connectivity index (χ0n) is 9.47. The van der Waals surface area contributed by atoms with Crippen molar-refractivity contribution >= 4 is 11.9 Å². The minimum Gasteiger partial charge on any atom is -0.478 e. The molecule has 0 saturated carbocycles. The summed E-state index contributed by atoms with van der Waals surface area (Å²) >= 11 is 0. The molecule has 5 nitrogen and oxygen atoms in total. The van der Waals surface area contributed by atoms with E-state index in [0.717, 1.165) is 19.4 Å². The summed E-state index contributed by atoms with van der Waals surface area (Å²) < 4.78 is 0. The van der Waals surface area contributed by atoms with Crippen molar-refractivity contribution in [1.29, 1.82) is 0 Å². The molecule has 0 aromatic carbocycles. The fourth-order valence-electron chi connectivity index (χ4n) is 2.03. The average Bonchev–Trinajstić information content (AvgIpc) is 2.63. The number of rotatable bonds is 2. The van der Waals surface area contributed by atoms with Crippen LogP contribution in [0.1, 0.15) is 35.8 Å². The summed E-state index contributed by atoms with van der Waals surface area (Å²) in [6.45, 7) is 4.79. The number of carbonyl (C=O) groups is 1. The Morgan fingerprint density at radius 2 is 2.38 bits per heavy atom. The Morgan fingerprint density at radius 1 is 1.62 bits per heavy atom. The van der Waals surface area contributed by atoms with E-state index in [0.29, 0.717) is 17.7 Å². The number of aromatic carboxylic acids is 1. The molecule has 1 unspecified atom stereocenters. The lowest BCUT2D eigenvalue weighted by Gasteiger charge is -2.21. The standard InChI is InChI=1S/C11H15N3O2/c1-7-4-3-5-14(7)11-12-6-9(10(15)16)8(2)13-11/h6-7H,3-5H2,1-2H3,(H,15,16). The maximum absolute atomic E-state index is 10.8. The first kappa shape index (κ1) is 10.9. The summed E-state index contributed by atoms with van der Waals surface area (Å²) in [6.07, 6.45) is 3.68. The highest BCUT2D eigenvalue weighted by molar-refractivity contribution is 5.88. The highest BCUT2D eigenvalue weighted by Gasteiger charge is 2.23. The molecule has 5 heteroatoms. The molecule has 16 heavy (non-hydrogen) atoms. The minimum atomic E-state index is -0.974. The van der Waals surface area contributed by atoms with Crippen LogP contribution in [0.4, 0.5) is 5.95 Å². The maximum atomic E-state index is 10.8. The Hall–Kier alpha value is -1.65. The van der Waals surface area contributed by atoms with Crippen LogP contribution in [0.5, 0.6) is 0 Å². The van der Waals surface area contributed by atoms with Crippen molar-refractivity contribution < 1.29 is 9.90 Å². The van der Waals surface area contributed by atoms with Crippen molar-refractivity contribution in [3.05, 3.63) is 17.5 Å². The van der Waals surface area contributed by atoms with Crippen LogP contribution in [-0.2, 0) is 0 Å². The van der Waals surface area contributed by atoms with E-state index in [4.69, 9.17) is 5.11 Å².